The van der Waals surface area contributed by atoms with E-state index in [0.717, 1.165) is 27.4 Å². The third-order valence-electron chi connectivity index (χ3n) is 5.04. The molecule has 1 aromatic carbocycles. The van der Waals surface area contributed by atoms with Crippen molar-refractivity contribution < 1.29 is 4.79 Å². The van der Waals surface area contributed by atoms with E-state index in [1.807, 2.05) is 22.0 Å². The molecule has 0 atom stereocenters. The molecule has 0 saturated carbocycles. The molecule has 5 nitrogen and oxygen atoms in total. The summed E-state index contributed by atoms with van der Waals surface area (Å²) in [7, 11) is 0. The summed E-state index contributed by atoms with van der Waals surface area (Å²) in [5, 5.41) is 5.03. The van der Waals surface area contributed by atoms with Crippen LogP contribution in [0.1, 0.15) is 33.6 Å². The van der Waals surface area contributed by atoms with Gasteiger partial charge in [0.2, 0.25) is 0 Å². The highest BCUT2D eigenvalue weighted by molar-refractivity contribution is 7.21. The molecular weight excluding hydrogens is 376 g/mol. The lowest BCUT2D eigenvalue weighted by Gasteiger charge is -2.14. The first-order chi connectivity index (χ1) is 13.3. The molecule has 27 heavy (non-hydrogen) atoms. The van der Waals surface area contributed by atoms with Crippen LogP contribution >= 0.6 is 22.7 Å². The number of thiophene rings is 1. The Kier molecular flexibility index (Phi) is 4.43. The van der Waals surface area contributed by atoms with Gasteiger partial charge >= 0.3 is 0 Å². The van der Waals surface area contributed by atoms with Gasteiger partial charge in [-0.25, -0.2) is 4.98 Å². The molecule has 1 aliphatic rings. The van der Waals surface area contributed by atoms with Crippen LogP contribution in [0.4, 0.5) is 0 Å². The fourth-order valence-electron chi connectivity index (χ4n) is 3.59. The van der Waals surface area contributed by atoms with Gasteiger partial charge in [0.05, 0.1) is 10.4 Å². The van der Waals surface area contributed by atoms with Crippen LogP contribution in [0.2, 0.25) is 0 Å². The molecule has 138 valence electrons. The monoisotopic (exact) mass is 396 g/mol. The minimum Gasteiger partial charge on any atom is -0.347 e. The summed E-state index contributed by atoms with van der Waals surface area (Å²) in [6.45, 7) is 3.98. The molecule has 1 saturated heterocycles. The van der Waals surface area contributed by atoms with Gasteiger partial charge in [0.25, 0.3) is 5.91 Å². The Morgan fingerprint density at radius 1 is 1.15 bits per heavy atom. The Balaban J connectivity index is 1.22. The van der Waals surface area contributed by atoms with Crippen molar-refractivity contribution in [3.05, 3.63) is 57.9 Å². The number of nitrogens with zero attached hydrogens (tertiary/aromatic N) is 3. The quantitative estimate of drug-likeness (QED) is 0.552. The predicted molar refractivity (Wildman–Crippen MR) is 111 cm³/mol. The van der Waals surface area contributed by atoms with Crippen molar-refractivity contribution in [3.63, 3.8) is 0 Å². The Morgan fingerprint density at radius 2 is 1.93 bits per heavy atom. The molecule has 0 unspecified atom stereocenters. The highest BCUT2D eigenvalue weighted by Gasteiger charge is 2.15. The summed E-state index contributed by atoms with van der Waals surface area (Å²) < 4.78 is 2.03. The predicted octanol–water partition coefficient (Wildman–Crippen LogP) is 4.14. The molecule has 5 rings (SSSR count). The third-order valence-corrected chi connectivity index (χ3v) is 6.82. The largest absolute Gasteiger partial charge is 0.347 e. The Hall–Kier alpha value is -2.22. The van der Waals surface area contributed by atoms with Crippen molar-refractivity contribution in [1.82, 2.24) is 19.6 Å². The second-order valence-electron chi connectivity index (χ2n) is 6.95. The van der Waals surface area contributed by atoms with Crippen molar-refractivity contribution in [2.75, 3.05) is 13.1 Å². The average molecular weight is 397 g/mol. The van der Waals surface area contributed by atoms with Gasteiger partial charge in [0.1, 0.15) is 4.83 Å². The number of aromatic nitrogens is 2. The number of hydrogen-bond acceptors (Lipinski definition) is 5. The van der Waals surface area contributed by atoms with E-state index in [9.17, 15) is 4.79 Å². The Morgan fingerprint density at radius 3 is 2.74 bits per heavy atom. The number of hydrogen-bond donors (Lipinski definition) is 1. The first kappa shape index (κ1) is 16.9. The zero-order chi connectivity index (χ0) is 18.2. The molecule has 0 spiro atoms. The van der Waals surface area contributed by atoms with Gasteiger partial charge in [-0.2, -0.15) is 0 Å². The summed E-state index contributed by atoms with van der Waals surface area (Å²) >= 11 is 3.05. The molecule has 1 fully saturated rings. The summed E-state index contributed by atoms with van der Waals surface area (Å²) in [4.78, 5) is 22.2. The maximum Gasteiger partial charge on any atom is 0.261 e. The van der Waals surface area contributed by atoms with Gasteiger partial charge in [-0.1, -0.05) is 24.3 Å². The molecule has 1 aliphatic heterocycles. The van der Waals surface area contributed by atoms with Gasteiger partial charge in [-0.05, 0) is 43.1 Å². The number of carbonyl (C=O) groups excluding carboxylic acids is 1. The third kappa shape index (κ3) is 3.38. The molecule has 1 amide bonds. The molecule has 4 aromatic rings. The van der Waals surface area contributed by atoms with Crippen LogP contribution < -0.4 is 5.32 Å². The van der Waals surface area contributed by atoms with E-state index in [-0.39, 0.29) is 5.91 Å². The lowest BCUT2D eigenvalue weighted by Crippen LogP contribution is -2.22. The second-order valence-corrected chi connectivity index (χ2v) is 8.85. The average Bonchev–Trinajstić information content (AvgIpc) is 3.43. The SMILES string of the molecule is O=C(NCc1ccc(CN2CCCC2)cc1)c1cc2c(nc3sccn32)s1. The zero-order valence-electron chi connectivity index (χ0n) is 14.9. The van der Waals surface area contributed by atoms with Crippen LogP contribution in [0.25, 0.3) is 15.3 Å². The molecule has 0 aliphatic carbocycles. The molecule has 1 N–H and O–H groups in total. The van der Waals surface area contributed by atoms with Crippen LogP contribution in [-0.4, -0.2) is 33.3 Å². The molecule has 0 radical (unpaired) electrons. The zero-order valence-corrected chi connectivity index (χ0v) is 16.5. The van der Waals surface area contributed by atoms with Crippen LogP contribution in [0.5, 0.6) is 0 Å². The lowest BCUT2D eigenvalue weighted by atomic mass is 10.1. The molecule has 3 aromatic heterocycles. The van der Waals surface area contributed by atoms with Crippen LogP contribution in [0.15, 0.2) is 41.9 Å². The Labute approximate surface area is 165 Å². The summed E-state index contributed by atoms with van der Waals surface area (Å²) in [5.41, 5.74) is 3.47. The number of benzene rings is 1. The van der Waals surface area contributed by atoms with Crippen molar-refractivity contribution >= 4 is 43.9 Å². The maximum atomic E-state index is 12.5. The van der Waals surface area contributed by atoms with E-state index in [1.54, 1.807) is 11.3 Å². The van der Waals surface area contributed by atoms with Gasteiger partial charge < -0.3 is 5.32 Å². The highest BCUT2D eigenvalue weighted by Crippen LogP contribution is 2.28. The smallest absolute Gasteiger partial charge is 0.261 e. The number of nitrogens with one attached hydrogen (secondary N) is 1. The van der Waals surface area contributed by atoms with Gasteiger partial charge in [0.15, 0.2) is 4.96 Å². The van der Waals surface area contributed by atoms with Crippen molar-refractivity contribution in [1.29, 1.82) is 0 Å². The standard InChI is InChI=1S/C20H20N4OS2/c25-18(17-11-16-19(27-17)22-20-24(16)9-10-26-20)21-12-14-3-5-15(6-4-14)13-23-7-1-2-8-23/h3-6,9-11H,1-2,7-8,12-13H2,(H,21,25). The number of imidazole rings is 1. The maximum absolute atomic E-state index is 12.5. The van der Waals surface area contributed by atoms with E-state index in [4.69, 9.17) is 0 Å². The van der Waals surface area contributed by atoms with Gasteiger partial charge in [-0.15, -0.1) is 22.7 Å². The van der Waals surface area contributed by atoms with Gasteiger partial charge in [0, 0.05) is 24.7 Å². The Bertz CT molecular complexity index is 1090. The van der Waals surface area contributed by atoms with E-state index in [0.29, 0.717) is 11.4 Å². The number of fused-ring (bicyclic) bond motifs is 3. The summed E-state index contributed by atoms with van der Waals surface area (Å²) in [6, 6.07) is 10.5. The normalized spacial score (nSPS) is 15.1. The summed E-state index contributed by atoms with van der Waals surface area (Å²) in [5.74, 6) is -0.0388. The number of rotatable bonds is 5. The molecule has 4 heterocycles. The number of likely N-dealkylation sites (tertiary alicyclic amines) is 1. The van der Waals surface area contributed by atoms with Crippen molar-refractivity contribution in [3.8, 4) is 0 Å². The minimum absolute atomic E-state index is 0.0388. The number of carbonyl (C=O) groups is 1. The van der Waals surface area contributed by atoms with Crippen molar-refractivity contribution in [2.24, 2.45) is 0 Å². The molecule has 0 bridgehead atoms. The van der Waals surface area contributed by atoms with E-state index in [2.05, 4.69) is 39.5 Å². The first-order valence-electron chi connectivity index (χ1n) is 9.20. The fourth-order valence-corrected chi connectivity index (χ4v) is 5.31. The first-order valence-corrected chi connectivity index (χ1v) is 10.9. The van der Waals surface area contributed by atoms with E-state index in [1.165, 1.54) is 42.8 Å². The van der Waals surface area contributed by atoms with Crippen LogP contribution in [0.3, 0.4) is 0 Å². The van der Waals surface area contributed by atoms with Crippen molar-refractivity contribution in [2.45, 2.75) is 25.9 Å². The van der Waals surface area contributed by atoms with Crippen LogP contribution in [0, 0.1) is 0 Å². The van der Waals surface area contributed by atoms with E-state index >= 15 is 0 Å². The molecular formula is C20H20N4OS2. The highest BCUT2D eigenvalue weighted by atomic mass is 32.1. The summed E-state index contributed by atoms with van der Waals surface area (Å²) in [6.07, 6.45) is 4.62. The topological polar surface area (TPSA) is 49.6 Å². The molecule has 7 heteroatoms. The van der Waals surface area contributed by atoms with Crippen LogP contribution in [-0.2, 0) is 13.1 Å². The second kappa shape index (κ2) is 7.07. The lowest BCUT2D eigenvalue weighted by molar-refractivity contribution is 0.0955. The fraction of sp³-hybridized carbons (Fsp3) is 0.300. The minimum atomic E-state index is -0.0388. The number of amides is 1. The van der Waals surface area contributed by atoms with Gasteiger partial charge in [-0.3, -0.25) is 14.1 Å². The van der Waals surface area contributed by atoms with E-state index < -0.39 is 0 Å². The number of thiazole rings is 1.